The molecule has 1 aromatic rings. The van der Waals surface area contributed by atoms with Crippen molar-refractivity contribution in [3.05, 3.63) is 29.8 Å². The third kappa shape index (κ3) is 5.57. The molecule has 1 aliphatic rings. The second kappa shape index (κ2) is 9.94. The number of piperidine rings is 1. The molecule has 6 nitrogen and oxygen atoms in total. The number of rotatable bonds is 6. The van der Waals surface area contributed by atoms with Crippen LogP contribution in [0.15, 0.2) is 23.2 Å². The zero-order valence-corrected chi connectivity index (χ0v) is 15.1. The number of carbonyl (C=O) groups excluding carboxylic acids is 1. The molecule has 144 valence electrons. The van der Waals surface area contributed by atoms with Crippen molar-refractivity contribution in [3.63, 3.8) is 0 Å². The molecule has 0 spiro atoms. The Bertz CT molecular complexity index is 632. The minimum Gasteiger partial charge on any atom is -0.492 e. The summed E-state index contributed by atoms with van der Waals surface area (Å²) in [4.78, 5) is 18.2. The summed E-state index contributed by atoms with van der Waals surface area (Å²) in [6, 6.07) is 3.43. The first kappa shape index (κ1) is 19.9. The van der Waals surface area contributed by atoms with E-state index in [0.717, 1.165) is 50.6 Å². The number of aliphatic imine (C=N–C) groups is 1. The third-order valence-corrected chi connectivity index (χ3v) is 4.18. The fraction of sp³-hybridized carbons (Fsp3) is 0.556. The van der Waals surface area contributed by atoms with E-state index in [0.29, 0.717) is 6.54 Å². The third-order valence-electron chi connectivity index (χ3n) is 4.18. The summed E-state index contributed by atoms with van der Waals surface area (Å²) in [5.74, 6) is -1.04. The zero-order valence-electron chi connectivity index (χ0n) is 15.1. The number of likely N-dealkylation sites (tertiary alicyclic amines) is 1. The summed E-state index contributed by atoms with van der Waals surface area (Å²) in [6.45, 7) is 4.76. The van der Waals surface area contributed by atoms with E-state index in [1.807, 2.05) is 6.92 Å². The van der Waals surface area contributed by atoms with E-state index < -0.39 is 11.6 Å². The number of hydrogen-bond acceptors (Lipinski definition) is 4. The largest absolute Gasteiger partial charge is 0.492 e. The number of hydrogen-bond donors (Lipinski definition) is 1. The van der Waals surface area contributed by atoms with Gasteiger partial charge in [0.1, 0.15) is 12.4 Å². The standard InChI is InChI=1S/C18H25F2N3O3/c1-3-21-18(23-9-6-13(7-10-23)17(24)25-2)22-8-11-26-14-4-5-15(19)16(20)12-14/h4-5,12-13H,3,6-11H2,1-2H3,(H,21,22). The molecule has 0 atom stereocenters. The van der Waals surface area contributed by atoms with Crippen molar-refractivity contribution in [2.45, 2.75) is 19.8 Å². The summed E-state index contributed by atoms with van der Waals surface area (Å²) in [7, 11) is 1.41. The van der Waals surface area contributed by atoms with Crippen LogP contribution in [0.5, 0.6) is 5.75 Å². The van der Waals surface area contributed by atoms with Gasteiger partial charge in [-0.05, 0) is 31.9 Å². The van der Waals surface area contributed by atoms with Gasteiger partial charge in [-0.25, -0.2) is 13.8 Å². The number of guanidine groups is 1. The van der Waals surface area contributed by atoms with Crippen LogP contribution in [0.2, 0.25) is 0 Å². The van der Waals surface area contributed by atoms with Crippen molar-refractivity contribution < 1.29 is 23.0 Å². The van der Waals surface area contributed by atoms with E-state index >= 15 is 0 Å². The molecule has 0 bridgehead atoms. The molecule has 0 unspecified atom stereocenters. The van der Waals surface area contributed by atoms with Crippen LogP contribution in [-0.4, -0.2) is 56.7 Å². The van der Waals surface area contributed by atoms with Crippen molar-refractivity contribution in [3.8, 4) is 5.75 Å². The first-order valence-corrected chi connectivity index (χ1v) is 8.74. The van der Waals surface area contributed by atoms with E-state index in [-0.39, 0.29) is 24.2 Å². The van der Waals surface area contributed by atoms with Gasteiger partial charge in [0, 0.05) is 25.7 Å². The van der Waals surface area contributed by atoms with Gasteiger partial charge in [0.2, 0.25) is 0 Å². The Kier molecular flexibility index (Phi) is 7.62. The Morgan fingerprint density at radius 3 is 2.65 bits per heavy atom. The number of nitrogens with zero attached hydrogens (tertiary/aromatic N) is 2. The van der Waals surface area contributed by atoms with Gasteiger partial charge in [-0.2, -0.15) is 0 Å². The van der Waals surface area contributed by atoms with Gasteiger partial charge in [0.15, 0.2) is 17.6 Å². The highest BCUT2D eigenvalue weighted by molar-refractivity contribution is 5.80. The van der Waals surface area contributed by atoms with Crippen LogP contribution < -0.4 is 10.1 Å². The first-order chi connectivity index (χ1) is 12.5. The second-order valence-corrected chi connectivity index (χ2v) is 5.94. The van der Waals surface area contributed by atoms with Crippen molar-refractivity contribution >= 4 is 11.9 Å². The second-order valence-electron chi connectivity index (χ2n) is 5.94. The Balaban J connectivity index is 1.84. The summed E-state index contributed by atoms with van der Waals surface area (Å²) >= 11 is 0. The predicted octanol–water partition coefficient (Wildman–Crippen LogP) is 2.19. The van der Waals surface area contributed by atoms with Gasteiger partial charge in [-0.1, -0.05) is 0 Å². The average Bonchev–Trinajstić information content (AvgIpc) is 2.66. The molecule has 2 rings (SSSR count). The number of nitrogens with one attached hydrogen (secondary N) is 1. The normalized spacial score (nSPS) is 15.7. The van der Waals surface area contributed by atoms with E-state index in [9.17, 15) is 13.6 Å². The Morgan fingerprint density at radius 2 is 2.04 bits per heavy atom. The molecule has 26 heavy (non-hydrogen) atoms. The average molecular weight is 369 g/mol. The van der Waals surface area contributed by atoms with Gasteiger partial charge in [-0.15, -0.1) is 0 Å². The van der Waals surface area contributed by atoms with Crippen molar-refractivity contribution in [1.82, 2.24) is 10.2 Å². The molecule has 1 saturated heterocycles. The maximum atomic E-state index is 13.1. The van der Waals surface area contributed by atoms with Crippen LogP contribution in [0.25, 0.3) is 0 Å². The van der Waals surface area contributed by atoms with E-state index in [1.165, 1.54) is 13.2 Å². The number of benzene rings is 1. The molecule has 1 heterocycles. The molecule has 1 aliphatic heterocycles. The smallest absolute Gasteiger partial charge is 0.308 e. The van der Waals surface area contributed by atoms with Crippen LogP contribution in [0, 0.1) is 17.6 Å². The highest BCUT2D eigenvalue weighted by Gasteiger charge is 2.26. The van der Waals surface area contributed by atoms with E-state index in [4.69, 9.17) is 9.47 Å². The van der Waals surface area contributed by atoms with E-state index in [2.05, 4.69) is 15.2 Å². The van der Waals surface area contributed by atoms with Crippen molar-refractivity contribution in [2.75, 3.05) is 39.9 Å². The molecule has 0 saturated carbocycles. The minimum absolute atomic E-state index is 0.0594. The number of halogens is 2. The number of esters is 1. The van der Waals surface area contributed by atoms with Gasteiger partial charge in [0.25, 0.3) is 0 Å². The van der Waals surface area contributed by atoms with Crippen LogP contribution >= 0.6 is 0 Å². The number of methoxy groups -OCH3 is 1. The van der Waals surface area contributed by atoms with Crippen LogP contribution in [0.4, 0.5) is 8.78 Å². The highest BCUT2D eigenvalue weighted by atomic mass is 19.2. The lowest BCUT2D eigenvalue weighted by Crippen LogP contribution is -2.46. The molecule has 0 aliphatic carbocycles. The molecule has 8 heteroatoms. The Labute approximate surface area is 152 Å². The van der Waals surface area contributed by atoms with Gasteiger partial charge in [0.05, 0.1) is 19.6 Å². The maximum Gasteiger partial charge on any atom is 0.308 e. The summed E-state index contributed by atoms with van der Waals surface area (Å²) in [5, 5.41) is 3.22. The molecule has 1 aromatic carbocycles. The minimum atomic E-state index is -0.937. The monoisotopic (exact) mass is 369 g/mol. The summed E-state index contributed by atoms with van der Waals surface area (Å²) < 4.78 is 36.2. The van der Waals surface area contributed by atoms with Gasteiger partial charge >= 0.3 is 5.97 Å². The van der Waals surface area contributed by atoms with E-state index in [1.54, 1.807) is 0 Å². The lowest BCUT2D eigenvalue weighted by Gasteiger charge is -2.33. The fourth-order valence-electron chi connectivity index (χ4n) is 2.80. The van der Waals surface area contributed by atoms with Gasteiger partial charge < -0.3 is 19.7 Å². The highest BCUT2D eigenvalue weighted by Crippen LogP contribution is 2.18. The molecular weight excluding hydrogens is 344 g/mol. The van der Waals surface area contributed by atoms with Crippen molar-refractivity contribution in [2.24, 2.45) is 10.9 Å². The first-order valence-electron chi connectivity index (χ1n) is 8.74. The Morgan fingerprint density at radius 1 is 1.31 bits per heavy atom. The molecule has 1 N–H and O–H groups in total. The molecule has 0 aromatic heterocycles. The van der Waals surface area contributed by atoms with Crippen LogP contribution in [0.1, 0.15) is 19.8 Å². The molecule has 0 radical (unpaired) electrons. The molecule has 0 amide bonds. The molecule has 1 fully saturated rings. The van der Waals surface area contributed by atoms with Crippen molar-refractivity contribution in [1.29, 1.82) is 0 Å². The topological polar surface area (TPSA) is 63.2 Å². The molecular formula is C18H25F2N3O3. The zero-order chi connectivity index (χ0) is 18.9. The fourth-order valence-corrected chi connectivity index (χ4v) is 2.80. The van der Waals surface area contributed by atoms with Crippen LogP contribution in [-0.2, 0) is 9.53 Å². The number of ether oxygens (including phenoxy) is 2. The Hall–Kier alpha value is -2.38. The summed E-state index contributed by atoms with van der Waals surface area (Å²) in [6.07, 6.45) is 1.45. The lowest BCUT2D eigenvalue weighted by molar-refractivity contribution is -0.146. The van der Waals surface area contributed by atoms with Gasteiger partial charge in [-0.3, -0.25) is 4.79 Å². The SMILES string of the molecule is CCNC(=NCCOc1ccc(F)c(F)c1)N1CCC(C(=O)OC)CC1. The lowest BCUT2D eigenvalue weighted by atomic mass is 9.97. The maximum absolute atomic E-state index is 13.1. The predicted molar refractivity (Wildman–Crippen MR) is 94.1 cm³/mol. The quantitative estimate of drug-likeness (QED) is 0.360. The summed E-state index contributed by atoms with van der Waals surface area (Å²) in [5.41, 5.74) is 0. The van der Waals surface area contributed by atoms with Crippen LogP contribution in [0.3, 0.4) is 0 Å². The number of carbonyl (C=O) groups is 1.